The summed E-state index contributed by atoms with van der Waals surface area (Å²) in [4.78, 5) is 45.6. The number of ether oxygens (including phenoxy) is 1. The predicted octanol–water partition coefficient (Wildman–Crippen LogP) is 5.10. The van der Waals surface area contributed by atoms with E-state index in [-0.39, 0.29) is 24.1 Å². The summed E-state index contributed by atoms with van der Waals surface area (Å²) in [5.41, 5.74) is 1.86. The van der Waals surface area contributed by atoms with Crippen LogP contribution in [0.4, 0.5) is 5.69 Å². The Labute approximate surface area is 205 Å². The number of aliphatic hydroxyl groups is 1. The van der Waals surface area contributed by atoms with Gasteiger partial charge in [-0.3, -0.25) is 19.3 Å². The molecule has 0 spiro atoms. The first-order chi connectivity index (χ1) is 16.2. The third-order valence-corrected chi connectivity index (χ3v) is 7.30. The first-order valence-corrected chi connectivity index (χ1v) is 12.4. The minimum absolute atomic E-state index is 0.0452. The highest BCUT2D eigenvalue weighted by atomic mass is 32.1. The lowest BCUT2D eigenvalue weighted by molar-refractivity contribution is -0.146. The van der Waals surface area contributed by atoms with Crippen LogP contribution in [-0.2, 0) is 20.7 Å². The Hall–Kier alpha value is -3.30. The fourth-order valence-electron chi connectivity index (χ4n) is 3.93. The molecule has 0 bridgehead atoms. The molecule has 9 heteroatoms. The fraction of sp³-hybridized carbons (Fsp3) is 0.280. The highest BCUT2D eigenvalue weighted by Gasteiger charge is 2.45. The number of aromatic nitrogens is 1. The molecule has 1 atom stereocenters. The molecular formula is C25H24N2O5S2. The van der Waals surface area contributed by atoms with Gasteiger partial charge in [-0.2, -0.15) is 0 Å². The van der Waals surface area contributed by atoms with Crippen molar-refractivity contribution in [3.05, 3.63) is 79.1 Å². The van der Waals surface area contributed by atoms with E-state index < -0.39 is 23.5 Å². The first-order valence-electron chi connectivity index (χ1n) is 10.7. The number of benzene rings is 1. The van der Waals surface area contributed by atoms with Gasteiger partial charge in [0.05, 0.1) is 33.7 Å². The van der Waals surface area contributed by atoms with E-state index >= 15 is 0 Å². The van der Waals surface area contributed by atoms with Gasteiger partial charge >= 0.3 is 5.97 Å². The fourth-order valence-corrected chi connectivity index (χ4v) is 5.63. The summed E-state index contributed by atoms with van der Waals surface area (Å²) in [6, 6.07) is 9.80. The average Bonchev–Trinajstić information content (AvgIpc) is 3.47. The number of nitrogens with zero attached hydrogens (tertiary/aromatic N) is 2. The summed E-state index contributed by atoms with van der Waals surface area (Å²) in [5, 5.41) is 13.4. The molecule has 7 nitrogen and oxygen atoms in total. The lowest BCUT2D eigenvalue weighted by Gasteiger charge is -2.26. The number of hydrogen-bond acceptors (Lipinski definition) is 8. The molecule has 0 saturated heterocycles. The Morgan fingerprint density at radius 3 is 2.44 bits per heavy atom. The number of thiazole rings is 1. The molecule has 1 aliphatic rings. The summed E-state index contributed by atoms with van der Waals surface area (Å²) in [5.74, 6) is -1.94. The zero-order valence-corrected chi connectivity index (χ0v) is 20.8. The van der Waals surface area contributed by atoms with E-state index in [0.717, 1.165) is 15.4 Å². The number of esters is 1. The predicted molar refractivity (Wildman–Crippen MR) is 131 cm³/mol. The molecule has 176 valence electrons. The summed E-state index contributed by atoms with van der Waals surface area (Å²) >= 11 is 2.65. The Kier molecular flexibility index (Phi) is 6.67. The summed E-state index contributed by atoms with van der Waals surface area (Å²) in [7, 11) is 0. The van der Waals surface area contributed by atoms with E-state index in [4.69, 9.17) is 4.74 Å². The van der Waals surface area contributed by atoms with Crippen LogP contribution in [-0.4, -0.2) is 33.9 Å². The van der Waals surface area contributed by atoms with Crippen LogP contribution in [0.2, 0.25) is 0 Å². The second kappa shape index (κ2) is 9.52. The van der Waals surface area contributed by atoms with Gasteiger partial charge in [0.15, 0.2) is 5.76 Å². The topological polar surface area (TPSA) is 96.8 Å². The van der Waals surface area contributed by atoms with Crippen molar-refractivity contribution in [1.82, 2.24) is 4.98 Å². The van der Waals surface area contributed by atoms with Gasteiger partial charge < -0.3 is 9.84 Å². The molecule has 0 radical (unpaired) electrons. The summed E-state index contributed by atoms with van der Waals surface area (Å²) < 4.78 is 5.19. The molecule has 1 amide bonds. The Balaban J connectivity index is 1.70. The standard InChI is InChI=1S/C25H24N2O5S2/c1-13(2)32-19(28)12-16-7-9-17(10-8-16)27-21(18-6-5-11-33-18)20(23(30)25(27)31)22(29)24-14(3)26-15(4)34-24/h5-11,13,21,30H,12H2,1-4H3. The highest BCUT2D eigenvalue weighted by molar-refractivity contribution is 7.14. The Morgan fingerprint density at radius 1 is 1.18 bits per heavy atom. The van der Waals surface area contributed by atoms with Crippen LogP contribution in [0.15, 0.2) is 53.1 Å². The molecule has 0 saturated carbocycles. The molecule has 1 aliphatic heterocycles. The average molecular weight is 497 g/mol. The van der Waals surface area contributed by atoms with Crippen LogP contribution >= 0.6 is 22.7 Å². The van der Waals surface area contributed by atoms with Crippen LogP contribution < -0.4 is 4.90 Å². The second-order valence-corrected chi connectivity index (χ2v) is 10.4. The van der Waals surface area contributed by atoms with Gasteiger partial charge in [-0.05, 0) is 56.8 Å². The van der Waals surface area contributed by atoms with Crippen molar-refractivity contribution in [2.75, 3.05) is 4.90 Å². The monoisotopic (exact) mass is 496 g/mol. The van der Waals surface area contributed by atoms with Crippen LogP contribution in [0.5, 0.6) is 0 Å². The van der Waals surface area contributed by atoms with Crippen molar-refractivity contribution < 1.29 is 24.2 Å². The van der Waals surface area contributed by atoms with Crippen molar-refractivity contribution in [1.29, 1.82) is 0 Å². The molecule has 1 unspecified atom stereocenters. The number of aryl methyl sites for hydroxylation is 2. The Morgan fingerprint density at radius 2 is 1.88 bits per heavy atom. The van der Waals surface area contributed by atoms with Crippen LogP contribution in [0.1, 0.15) is 50.7 Å². The summed E-state index contributed by atoms with van der Waals surface area (Å²) in [6.45, 7) is 7.13. The van der Waals surface area contributed by atoms with Gasteiger partial charge in [-0.25, -0.2) is 4.98 Å². The minimum atomic E-state index is -0.765. The van der Waals surface area contributed by atoms with Gasteiger partial charge in [0.2, 0.25) is 5.78 Å². The third-order valence-electron chi connectivity index (χ3n) is 5.31. The maximum Gasteiger partial charge on any atom is 0.310 e. The summed E-state index contributed by atoms with van der Waals surface area (Å²) in [6.07, 6.45) is -0.0885. The van der Waals surface area contributed by atoms with Crippen molar-refractivity contribution in [2.24, 2.45) is 0 Å². The van der Waals surface area contributed by atoms with Crippen LogP contribution in [0.25, 0.3) is 0 Å². The van der Waals surface area contributed by atoms with Crippen molar-refractivity contribution in [2.45, 2.75) is 46.3 Å². The van der Waals surface area contributed by atoms with Crippen molar-refractivity contribution in [3.63, 3.8) is 0 Å². The number of hydrogen-bond donors (Lipinski definition) is 1. The molecule has 3 heterocycles. The molecule has 4 rings (SSSR count). The molecular weight excluding hydrogens is 472 g/mol. The molecule has 0 aliphatic carbocycles. The second-order valence-electron chi connectivity index (χ2n) is 8.21. The van der Waals surface area contributed by atoms with E-state index in [1.807, 2.05) is 24.4 Å². The molecule has 34 heavy (non-hydrogen) atoms. The number of thiophene rings is 1. The number of amides is 1. The van der Waals surface area contributed by atoms with Gasteiger partial charge in [-0.15, -0.1) is 22.7 Å². The molecule has 2 aromatic heterocycles. The number of aliphatic hydroxyl groups excluding tert-OH is 1. The number of ketones is 1. The van der Waals surface area contributed by atoms with Crippen molar-refractivity contribution >= 4 is 46.0 Å². The van der Waals surface area contributed by atoms with Gasteiger partial charge in [-0.1, -0.05) is 18.2 Å². The third kappa shape index (κ3) is 4.53. The number of anilines is 1. The van der Waals surface area contributed by atoms with Gasteiger partial charge in [0, 0.05) is 10.6 Å². The molecule has 1 N–H and O–H groups in total. The molecule has 3 aromatic rings. The molecule has 0 fully saturated rings. The van der Waals surface area contributed by atoms with E-state index in [0.29, 0.717) is 16.3 Å². The van der Waals surface area contributed by atoms with Crippen LogP contribution in [0, 0.1) is 13.8 Å². The highest BCUT2D eigenvalue weighted by Crippen LogP contribution is 2.44. The SMILES string of the molecule is Cc1nc(C)c(C(=O)C2=C(O)C(=O)N(c3ccc(CC(=O)OC(C)C)cc3)C2c2cccs2)s1. The smallest absolute Gasteiger partial charge is 0.310 e. The molecule has 1 aromatic carbocycles. The first kappa shape index (κ1) is 23.8. The maximum absolute atomic E-state index is 13.5. The van der Waals surface area contributed by atoms with E-state index in [9.17, 15) is 19.5 Å². The zero-order chi connectivity index (χ0) is 24.6. The maximum atomic E-state index is 13.5. The van der Waals surface area contributed by atoms with Crippen LogP contribution in [0.3, 0.4) is 0 Å². The lowest BCUT2D eigenvalue weighted by Crippen LogP contribution is -2.30. The quantitative estimate of drug-likeness (QED) is 0.361. The van der Waals surface area contributed by atoms with Gasteiger partial charge in [0.1, 0.15) is 6.04 Å². The zero-order valence-electron chi connectivity index (χ0n) is 19.2. The lowest BCUT2D eigenvalue weighted by atomic mass is 10.00. The number of carbonyl (C=O) groups is 3. The van der Waals surface area contributed by atoms with Crippen molar-refractivity contribution in [3.8, 4) is 0 Å². The largest absolute Gasteiger partial charge is 0.503 e. The van der Waals surface area contributed by atoms with E-state index in [1.54, 1.807) is 45.0 Å². The number of rotatable bonds is 7. The normalized spacial score (nSPS) is 16.0. The Bertz CT molecular complexity index is 1270. The van der Waals surface area contributed by atoms with Gasteiger partial charge in [0.25, 0.3) is 5.91 Å². The van der Waals surface area contributed by atoms with E-state index in [1.165, 1.54) is 27.6 Å². The number of Topliss-reactive ketones (excluding diaryl/α,β-unsaturated/α-hetero) is 1. The number of carbonyl (C=O) groups excluding carboxylic acids is 3. The van der Waals surface area contributed by atoms with E-state index in [2.05, 4.69) is 4.98 Å². The minimum Gasteiger partial charge on any atom is -0.503 e.